The number of carboxylic acids is 1. The van der Waals surface area contributed by atoms with Crippen molar-refractivity contribution in [3.8, 4) is 0 Å². The molecule has 0 saturated heterocycles. The quantitative estimate of drug-likeness (QED) is 0.168. The van der Waals surface area contributed by atoms with Gasteiger partial charge in [-0.2, -0.15) is 0 Å². The molecule has 0 aromatic carbocycles. The fraction of sp³-hybridized carbons (Fsp3) is 0.913. The van der Waals surface area contributed by atoms with Gasteiger partial charge in [-0.15, -0.1) is 0 Å². The van der Waals surface area contributed by atoms with Gasteiger partial charge in [0.2, 0.25) is 0 Å². The predicted molar refractivity (Wildman–Crippen MR) is 116 cm³/mol. The first-order chi connectivity index (χ1) is 13.6. The first-order valence-corrected chi connectivity index (χ1v) is 11.7. The molecule has 1 atom stereocenters. The van der Waals surface area contributed by atoms with Crippen molar-refractivity contribution in [2.24, 2.45) is 5.73 Å². The van der Waals surface area contributed by atoms with Gasteiger partial charge in [-0.25, -0.2) is 0 Å². The van der Waals surface area contributed by atoms with Gasteiger partial charge in [-0.3, -0.25) is 9.59 Å². The van der Waals surface area contributed by atoms with E-state index in [1.807, 2.05) is 0 Å². The number of hydrogen-bond acceptors (Lipinski definition) is 4. The number of carboxylic acid groups (broad SMARTS) is 1. The van der Waals surface area contributed by atoms with Crippen LogP contribution in [0.25, 0.3) is 0 Å². The summed E-state index contributed by atoms with van der Waals surface area (Å²) >= 11 is 0. The van der Waals surface area contributed by atoms with Crippen LogP contribution in [0.15, 0.2) is 0 Å². The minimum Gasteiger partial charge on any atom is -1.00 e. The van der Waals surface area contributed by atoms with E-state index in [1.54, 1.807) is 0 Å². The van der Waals surface area contributed by atoms with Gasteiger partial charge in [-0.1, -0.05) is 103 Å². The zero-order chi connectivity index (χ0) is 20.9. The Balaban J connectivity index is -0.00000364. The summed E-state index contributed by atoms with van der Waals surface area (Å²) in [4.78, 5) is 22.0. The number of carbonyl (C=O) groups is 2. The average Bonchev–Trinajstić information content (AvgIpc) is 2.68. The summed E-state index contributed by atoms with van der Waals surface area (Å²) in [6.45, 7) is 2.70. The minimum atomic E-state index is -1.08. The summed E-state index contributed by atoms with van der Waals surface area (Å²) in [5.41, 5.74) is 5.35. The Morgan fingerprint density at radius 1 is 0.793 bits per heavy atom. The molecule has 168 valence electrons. The first-order valence-electron chi connectivity index (χ1n) is 11.7. The molecule has 0 bridgehead atoms. The second kappa shape index (κ2) is 24.2. The number of carbonyl (C=O) groups excluding carboxylic acids is 1. The Labute approximate surface area is 202 Å². The van der Waals surface area contributed by atoms with Crippen LogP contribution in [0.4, 0.5) is 0 Å². The molecule has 0 rings (SSSR count). The van der Waals surface area contributed by atoms with E-state index < -0.39 is 12.0 Å². The zero-order valence-electron chi connectivity index (χ0n) is 20.3. The third-order valence-electron chi connectivity index (χ3n) is 5.24. The summed E-state index contributed by atoms with van der Waals surface area (Å²) in [7, 11) is 0. The number of rotatable bonds is 21. The van der Waals surface area contributed by atoms with Crippen LogP contribution in [-0.2, 0) is 14.3 Å². The Bertz CT molecular complexity index is 386. The normalized spacial score (nSPS) is 11.7. The summed E-state index contributed by atoms with van der Waals surface area (Å²) in [6, 6.07) is -0.983. The van der Waals surface area contributed by atoms with Gasteiger partial charge >= 0.3 is 41.5 Å². The van der Waals surface area contributed by atoms with Crippen LogP contribution in [0, 0.1) is 0 Å². The number of aliphatic carboxylic acids is 1. The van der Waals surface area contributed by atoms with Crippen molar-refractivity contribution in [2.45, 2.75) is 129 Å². The van der Waals surface area contributed by atoms with E-state index >= 15 is 0 Å². The van der Waals surface area contributed by atoms with Crippen LogP contribution in [0.5, 0.6) is 0 Å². The van der Waals surface area contributed by atoms with Crippen molar-refractivity contribution in [3.63, 3.8) is 0 Å². The molecule has 0 fully saturated rings. The SMILES string of the molecule is CCCCCCCCCCCCCCCCCCOC(=O)CC[C@H](N)C(=O)O.[H-].[Na+]. The summed E-state index contributed by atoms with van der Waals surface area (Å²) in [5, 5.41) is 8.65. The fourth-order valence-electron chi connectivity index (χ4n) is 3.31. The first kappa shape index (κ1) is 31.1. The molecule has 0 aromatic rings. The maximum Gasteiger partial charge on any atom is 1.00 e. The molecule has 0 amide bonds. The topological polar surface area (TPSA) is 89.6 Å². The van der Waals surface area contributed by atoms with E-state index in [2.05, 4.69) is 6.92 Å². The van der Waals surface area contributed by atoms with Crippen molar-refractivity contribution in [1.29, 1.82) is 0 Å². The third-order valence-corrected chi connectivity index (χ3v) is 5.24. The molecule has 5 nitrogen and oxygen atoms in total. The Kier molecular flexibility index (Phi) is 25.9. The van der Waals surface area contributed by atoms with Gasteiger partial charge in [0.15, 0.2) is 0 Å². The van der Waals surface area contributed by atoms with Gasteiger partial charge in [0.1, 0.15) is 6.04 Å². The van der Waals surface area contributed by atoms with Crippen molar-refractivity contribution >= 4 is 11.9 Å². The molecular formula is C23H46NNaO4. The van der Waals surface area contributed by atoms with Crippen LogP contribution in [0.1, 0.15) is 124 Å². The van der Waals surface area contributed by atoms with E-state index in [0.717, 1.165) is 12.8 Å². The van der Waals surface area contributed by atoms with Crippen LogP contribution in [-0.4, -0.2) is 29.7 Å². The van der Waals surface area contributed by atoms with Crippen molar-refractivity contribution in [3.05, 3.63) is 0 Å². The second-order valence-corrected chi connectivity index (χ2v) is 8.01. The van der Waals surface area contributed by atoms with Gasteiger partial charge in [-0.05, 0) is 12.8 Å². The molecule has 0 aliphatic heterocycles. The molecule has 0 spiro atoms. The zero-order valence-corrected chi connectivity index (χ0v) is 21.3. The Hall–Kier alpha value is -0.100. The molecule has 0 saturated carbocycles. The molecule has 0 aliphatic carbocycles. The van der Waals surface area contributed by atoms with Crippen LogP contribution in [0.2, 0.25) is 0 Å². The van der Waals surface area contributed by atoms with Gasteiger partial charge in [0, 0.05) is 6.42 Å². The fourth-order valence-corrected chi connectivity index (χ4v) is 3.31. The Morgan fingerprint density at radius 3 is 1.55 bits per heavy atom. The number of ether oxygens (including phenoxy) is 1. The molecule has 0 radical (unpaired) electrons. The smallest absolute Gasteiger partial charge is 1.00 e. The minimum absolute atomic E-state index is 0. The molecule has 0 unspecified atom stereocenters. The van der Waals surface area contributed by atoms with Crippen molar-refractivity contribution in [1.82, 2.24) is 0 Å². The van der Waals surface area contributed by atoms with Gasteiger partial charge < -0.3 is 17.0 Å². The van der Waals surface area contributed by atoms with E-state index in [1.165, 1.54) is 89.9 Å². The molecule has 6 heteroatoms. The number of esters is 1. The molecule has 3 N–H and O–H groups in total. The summed E-state index contributed by atoms with van der Waals surface area (Å²) < 4.78 is 5.10. The van der Waals surface area contributed by atoms with Crippen LogP contribution < -0.4 is 35.3 Å². The molecular weight excluding hydrogens is 377 g/mol. The van der Waals surface area contributed by atoms with Crippen LogP contribution in [0.3, 0.4) is 0 Å². The summed E-state index contributed by atoms with van der Waals surface area (Å²) in [6.07, 6.45) is 21.3. The number of nitrogens with two attached hydrogens (primary N) is 1. The van der Waals surface area contributed by atoms with E-state index in [-0.39, 0.29) is 49.8 Å². The Morgan fingerprint density at radius 2 is 1.17 bits per heavy atom. The van der Waals surface area contributed by atoms with Gasteiger partial charge in [0.05, 0.1) is 6.61 Å². The third kappa shape index (κ3) is 24.0. The van der Waals surface area contributed by atoms with E-state index in [0.29, 0.717) is 6.61 Å². The maximum atomic E-state index is 11.5. The van der Waals surface area contributed by atoms with Crippen molar-refractivity contribution in [2.75, 3.05) is 6.61 Å². The van der Waals surface area contributed by atoms with E-state index in [4.69, 9.17) is 15.6 Å². The van der Waals surface area contributed by atoms with E-state index in [9.17, 15) is 9.59 Å². The average molecular weight is 424 g/mol. The largest absolute Gasteiger partial charge is 1.00 e. The molecule has 29 heavy (non-hydrogen) atoms. The number of hydrogen-bond donors (Lipinski definition) is 2. The van der Waals surface area contributed by atoms with Gasteiger partial charge in [0.25, 0.3) is 0 Å². The van der Waals surface area contributed by atoms with Crippen LogP contribution >= 0.6 is 0 Å². The second-order valence-electron chi connectivity index (χ2n) is 8.01. The molecule has 0 aliphatic rings. The maximum absolute atomic E-state index is 11.5. The summed E-state index contributed by atoms with van der Waals surface area (Å²) in [5.74, 6) is -1.43. The molecule has 0 heterocycles. The molecule has 0 aromatic heterocycles. The van der Waals surface area contributed by atoms with Crippen molar-refractivity contribution < 1.29 is 50.4 Å². The predicted octanol–water partition coefficient (Wildman–Crippen LogP) is 3.10. The number of unbranched alkanes of at least 4 members (excludes halogenated alkanes) is 15. The standard InChI is InChI=1S/C23H45NO4.Na.H/c1-2-3-4-5-6-7-8-9-10-11-12-13-14-15-16-17-20-28-22(25)19-18-21(24)23(26)27;;/h21H,2-20,24H2,1H3,(H,26,27);;/q;+1;-1/t21-;;/m0../s1. The monoisotopic (exact) mass is 423 g/mol.